The Morgan fingerprint density at radius 1 is 1.30 bits per heavy atom. The van der Waals surface area contributed by atoms with Crippen molar-refractivity contribution < 1.29 is 19.1 Å². The smallest absolute Gasteiger partial charge is 0.231 e. The molecule has 2 atom stereocenters. The van der Waals surface area contributed by atoms with E-state index >= 15 is 0 Å². The molecule has 2 N–H and O–H groups in total. The fraction of sp³-hybridized carbons (Fsp3) is 0.500. The lowest BCUT2D eigenvalue weighted by Crippen LogP contribution is -2.31. The first-order valence-corrected chi connectivity index (χ1v) is 8.46. The summed E-state index contributed by atoms with van der Waals surface area (Å²) in [5, 5.41) is 5.64. The number of halogens is 1. The van der Waals surface area contributed by atoms with Gasteiger partial charge in [-0.05, 0) is 46.0 Å². The van der Waals surface area contributed by atoms with E-state index in [0.29, 0.717) is 30.5 Å². The maximum atomic E-state index is 11.8. The van der Waals surface area contributed by atoms with Crippen LogP contribution in [0, 0.1) is 11.8 Å². The van der Waals surface area contributed by atoms with Gasteiger partial charge in [-0.25, -0.2) is 0 Å². The monoisotopic (exact) mass is 382 g/mol. The van der Waals surface area contributed by atoms with Crippen molar-refractivity contribution in [1.29, 1.82) is 0 Å². The second-order valence-corrected chi connectivity index (χ2v) is 6.80. The van der Waals surface area contributed by atoms with Gasteiger partial charge in [-0.2, -0.15) is 0 Å². The molecule has 6 nitrogen and oxygen atoms in total. The molecule has 1 aliphatic carbocycles. The molecule has 124 valence electrons. The highest BCUT2D eigenvalue weighted by Crippen LogP contribution is 2.40. The SMILES string of the molecule is C[C@@H]1C[C@H]1C(=O)NCCC(=O)NCc1cc(Br)c2c(c1)OCO2. The highest BCUT2D eigenvalue weighted by atomic mass is 79.9. The zero-order valence-electron chi connectivity index (χ0n) is 12.9. The van der Waals surface area contributed by atoms with Crippen molar-refractivity contribution in [2.45, 2.75) is 26.3 Å². The van der Waals surface area contributed by atoms with Gasteiger partial charge >= 0.3 is 0 Å². The Kier molecular flexibility index (Phi) is 4.75. The number of fused-ring (bicyclic) bond motifs is 1. The molecule has 1 saturated carbocycles. The van der Waals surface area contributed by atoms with Crippen LogP contribution in [0.1, 0.15) is 25.3 Å². The second-order valence-electron chi connectivity index (χ2n) is 5.95. The quantitative estimate of drug-likeness (QED) is 0.788. The molecule has 0 saturated heterocycles. The van der Waals surface area contributed by atoms with Crippen molar-refractivity contribution in [3.63, 3.8) is 0 Å². The Labute approximate surface area is 143 Å². The predicted octanol–water partition coefficient (Wildman–Crippen LogP) is 1.96. The van der Waals surface area contributed by atoms with Gasteiger partial charge in [-0.15, -0.1) is 0 Å². The van der Waals surface area contributed by atoms with Crippen molar-refractivity contribution in [1.82, 2.24) is 10.6 Å². The van der Waals surface area contributed by atoms with Gasteiger partial charge in [0.2, 0.25) is 18.6 Å². The summed E-state index contributed by atoms with van der Waals surface area (Å²) in [7, 11) is 0. The molecule has 0 aromatic heterocycles. The first kappa shape index (κ1) is 16.1. The van der Waals surface area contributed by atoms with Gasteiger partial charge in [0, 0.05) is 25.4 Å². The molecule has 2 aliphatic rings. The van der Waals surface area contributed by atoms with E-state index in [-0.39, 0.29) is 30.9 Å². The second kappa shape index (κ2) is 6.78. The highest BCUT2D eigenvalue weighted by molar-refractivity contribution is 9.10. The number of nitrogens with one attached hydrogen (secondary N) is 2. The number of hydrogen-bond acceptors (Lipinski definition) is 4. The summed E-state index contributed by atoms with van der Waals surface area (Å²) >= 11 is 3.42. The molecular weight excluding hydrogens is 364 g/mol. The van der Waals surface area contributed by atoms with Crippen LogP contribution in [0.15, 0.2) is 16.6 Å². The maximum Gasteiger partial charge on any atom is 0.231 e. The maximum absolute atomic E-state index is 11.8. The van der Waals surface area contributed by atoms with Gasteiger partial charge < -0.3 is 20.1 Å². The minimum atomic E-state index is -0.0945. The van der Waals surface area contributed by atoms with E-state index in [9.17, 15) is 9.59 Å². The molecule has 1 aliphatic heterocycles. The summed E-state index contributed by atoms with van der Waals surface area (Å²) in [5.41, 5.74) is 0.922. The van der Waals surface area contributed by atoms with Gasteiger partial charge in [0.25, 0.3) is 0 Å². The fourth-order valence-corrected chi connectivity index (χ4v) is 3.13. The van der Waals surface area contributed by atoms with Crippen LogP contribution in [-0.2, 0) is 16.1 Å². The summed E-state index contributed by atoms with van der Waals surface area (Å²) in [5.74, 6) is 1.96. The van der Waals surface area contributed by atoms with Crippen LogP contribution in [0.4, 0.5) is 0 Å². The molecule has 0 radical (unpaired) electrons. The average molecular weight is 383 g/mol. The number of amides is 2. The predicted molar refractivity (Wildman–Crippen MR) is 87.0 cm³/mol. The van der Waals surface area contributed by atoms with Crippen molar-refractivity contribution in [2.75, 3.05) is 13.3 Å². The number of ether oxygens (including phenoxy) is 2. The van der Waals surface area contributed by atoms with Crippen molar-refractivity contribution >= 4 is 27.7 Å². The van der Waals surface area contributed by atoms with Crippen LogP contribution in [0.2, 0.25) is 0 Å². The van der Waals surface area contributed by atoms with Gasteiger partial charge in [-0.3, -0.25) is 9.59 Å². The van der Waals surface area contributed by atoms with Crippen LogP contribution in [0.5, 0.6) is 11.5 Å². The van der Waals surface area contributed by atoms with E-state index in [1.54, 1.807) is 0 Å². The zero-order valence-corrected chi connectivity index (χ0v) is 14.4. The van der Waals surface area contributed by atoms with Crippen molar-refractivity contribution in [3.8, 4) is 11.5 Å². The summed E-state index contributed by atoms with van der Waals surface area (Å²) in [6.07, 6.45) is 1.23. The topological polar surface area (TPSA) is 76.7 Å². The minimum Gasteiger partial charge on any atom is -0.454 e. The third-order valence-corrected chi connectivity index (χ3v) is 4.66. The lowest BCUT2D eigenvalue weighted by atomic mass is 10.2. The van der Waals surface area contributed by atoms with Crippen molar-refractivity contribution in [2.24, 2.45) is 11.8 Å². The molecule has 2 amide bonds. The molecule has 1 aromatic rings. The molecule has 23 heavy (non-hydrogen) atoms. The molecular formula is C16H19BrN2O4. The Hall–Kier alpha value is -1.76. The van der Waals surface area contributed by atoms with E-state index in [4.69, 9.17) is 9.47 Å². The van der Waals surface area contributed by atoms with E-state index in [1.807, 2.05) is 12.1 Å². The normalized spacial score (nSPS) is 21.0. The molecule has 1 aromatic carbocycles. The number of rotatable bonds is 6. The summed E-state index contributed by atoms with van der Waals surface area (Å²) in [6, 6.07) is 3.74. The number of carbonyl (C=O) groups excluding carboxylic acids is 2. The van der Waals surface area contributed by atoms with Gasteiger partial charge in [0.15, 0.2) is 11.5 Å². The van der Waals surface area contributed by atoms with Crippen LogP contribution < -0.4 is 20.1 Å². The number of carbonyl (C=O) groups is 2. The van der Waals surface area contributed by atoms with Crippen LogP contribution in [0.25, 0.3) is 0 Å². The van der Waals surface area contributed by atoms with E-state index in [2.05, 4.69) is 33.5 Å². The van der Waals surface area contributed by atoms with Crippen LogP contribution in [-0.4, -0.2) is 25.2 Å². The molecule has 0 bridgehead atoms. The highest BCUT2D eigenvalue weighted by Gasteiger charge is 2.38. The Bertz CT molecular complexity index is 635. The van der Waals surface area contributed by atoms with Crippen molar-refractivity contribution in [3.05, 3.63) is 22.2 Å². The Balaban J connectivity index is 1.41. The van der Waals surface area contributed by atoms with Gasteiger partial charge in [0.05, 0.1) is 4.47 Å². The van der Waals surface area contributed by atoms with Crippen LogP contribution >= 0.6 is 15.9 Å². The third kappa shape index (κ3) is 3.96. The molecule has 3 rings (SSSR count). The summed E-state index contributed by atoms with van der Waals surface area (Å²) in [4.78, 5) is 23.5. The lowest BCUT2D eigenvalue weighted by Gasteiger charge is -2.08. The minimum absolute atomic E-state index is 0.0602. The van der Waals surface area contributed by atoms with Gasteiger partial charge in [0.1, 0.15) is 0 Å². The summed E-state index contributed by atoms with van der Waals surface area (Å²) < 4.78 is 11.5. The first-order chi connectivity index (χ1) is 11.0. The van der Waals surface area contributed by atoms with E-state index in [0.717, 1.165) is 16.5 Å². The zero-order chi connectivity index (χ0) is 16.4. The molecule has 1 heterocycles. The Morgan fingerprint density at radius 2 is 2.09 bits per heavy atom. The van der Waals surface area contributed by atoms with E-state index < -0.39 is 0 Å². The average Bonchev–Trinajstić information content (AvgIpc) is 3.06. The number of hydrogen-bond donors (Lipinski definition) is 2. The molecule has 1 fully saturated rings. The molecule has 7 heteroatoms. The first-order valence-electron chi connectivity index (χ1n) is 7.67. The fourth-order valence-electron chi connectivity index (χ4n) is 2.53. The molecule has 0 unspecified atom stereocenters. The molecule has 0 spiro atoms. The third-order valence-electron chi connectivity index (χ3n) is 4.07. The standard InChI is InChI=1S/C16H19BrN2O4/c1-9-4-11(9)16(21)18-3-2-14(20)19-7-10-5-12(17)15-13(6-10)22-8-23-15/h5-6,9,11H,2-4,7-8H2,1H3,(H,18,21)(H,19,20)/t9-,11-/m1/s1. The largest absolute Gasteiger partial charge is 0.454 e. The van der Waals surface area contributed by atoms with Crippen LogP contribution in [0.3, 0.4) is 0 Å². The van der Waals surface area contributed by atoms with E-state index in [1.165, 1.54) is 0 Å². The lowest BCUT2D eigenvalue weighted by molar-refractivity contribution is -0.123. The summed E-state index contributed by atoms with van der Waals surface area (Å²) in [6.45, 7) is 3.05. The number of benzene rings is 1. The Morgan fingerprint density at radius 3 is 2.83 bits per heavy atom. The van der Waals surface area contributed by atoms with Gasteiger partial charge in [-0.1, -0.05) is 6.92 Å².